The molecule has 1 aromatic rings. The maximum absolute atomic E-state index is 13.6. The van der Waals surface area contributed by atoms with Crippen LogP contribution in [0.25, 0.3) is 0 Å². The number of unbranched alkanes of at least 4 members (excludes halogenated alkanes) is 1. The normalized spacial score (nSPS) is 17.1. The molecule has 1 saturated heterocycles. The van der Waals surface area contributed by atoms with Crippen LogP contribution in [0.15, 0.2) is 18.2 Å². The van der Waals surface area contributed by atoms with Gasteiger partial charge in [0.05, 0.1) is 7.11 Å². The lowest BCUT2D eigenvalue weighted by Crippen LogP contribution is -2.45. The number of nitrogens with zero attached hydrogens (tertiary/aromatic N) is 1. The number of rotatable bonds is 6. The molecule has 0 aliphatic carbocycles. The average molecular weight is 317 g/mol. The van der Waals surface area contributed by atoms with Crippen LogP contribution in [0.3, 0.4) is 0 Å². The molecule has 2 rings (SSSR count). The maximum atomic E-state index is 13.6. The van der Waals surface area contributed by atoms with Gasteiger partial charge in [0.15, 0.2) is 0 Å². The van der Waals surface area contributed by atoms with Crippen LogP contribution < -0.4 is 10.1 Å². The number of hydrogen-bond acceptors (Lipinski definition) is 3. The molecule has 120 valence electrons. The molecule has 1 aromatic carbocycles. The van der Waals surface area contributed by atoms with E-state index in [1.54, 1.807) is 19.2 Å². The number of ether oxygens (including phenoxy) is 1. The number of halogens is 2. The zero-order valence-electron chi connectivity index (χ0n) is 12.9. The van der Waals surface area contributed by atoms with E-state index in [0.717, 1.165) is 56.8 Å². The lowest BCUT2D eigenvalue weighted by molar-refractivity contribution is 0.160. The Labute approximate surface area is 133 Å². The fourth-order valence-corrected chi connectivity index (χ4v) is 2.89. The Bertz CT molecular complexity index is 425. The van der Waals surface area contributed by atoms with Crippen LogP contribution in [0, 0.1) is 5.82 Å². The minimum absolute atomic E-state index is 0. The number of benzene rings is 1. The van der Waals surface area contributed by atoms with E-state index in [1.165, 1.54) is 6.07 Å². The van der Waals surface area contributed by atoms with Crippen LogP contribution in [0.4, 0.5) is 4.39 Å². The first-order valence-electron chi connectivity index (χ1n) is 7.54. The van der Waals surface area contributed by atoms with E-state index in [-0.39, 0.29) is 24.3 Å². The summed E-state index contributed by atoms with van der Waals surface area (Å²) in [7, 11) is 1.66. The molecule has 0 unspecified atom stereocenters. The first-order chi connectivity index (χ1) is 9.76. The molecule has 0 spiro atoms. The van der Waals surface area contributed by atoms with E-state index in [2.05, 4.69) is 17.1 Å². The molecule has 0 bridgehead atoms. The quantitative estimate of drug-likeness (QED) is 0.870. The van der Waals surface area contributed by atoms with Crippen molar-refractivity contribution in [2.45, 2.75) is 32.2 Å². The SMILES string of the molecule is CCCC[C@H](c1cc(F)ccc1OC)N1CCNCC1.Cl. The van der Waals surface area contributed by atoms with Crippen LogP contribution in [-0.4, -0.2) is 38.2 Å². The van der Waals surface area contributed by atoms with Gasteiger partial charge in [-0.25, -0.2) is 4.39 Å². The molecule has 1 heterocycles. The summed E-state index contributed by atoms with van der Waals surface area (Å²) in [5.74, 6) is 0.614. The fraction of sp³-hybridized carbons (Fsp3) is 0.625. The van der Waals surface area contributed by atoms with Gasteiger partial charge in [0.25, 0.3) is 0 Å². The van der Waals surface area contributed by atoms with Crippen molar-refractivity contribution in [1.29, 1.82) is 0 Å². The van der Waals surface area contributed by atoms with Gasteiger partial charge >= 0.3 is 0 Å². The molecular formula is C16H26ClFN2O. The van der Waals surface area contributed by atoms with Crippen molar-refractivity contribution in [2.75, 3.05) is 33.3 Å². The van der Waals surface area contributed by atoms with Crippen LogP contribution in [0.2, 0.25) is 0 Å². The summed E-state index contributed by atoms with van der Waals surface area (Å²) in [6.07, 6.45) is 3.35. The second-order valence-electron chi connectivity index (χ2n) is 5.33. The molecule has 1 aliphatic rings. The first-order valence-corrected chi connectivity index (χ1v) is 7.54. The van der Waals surface area contributed by atoms with Crippen LogP contribution in [0.5, 0.6) is 5.75 Å². The zero-order chi connectivity index (χ0) is 14.4. The average Bonchev–Trinajstić information content (AvgIpc) is 2.49. The van der Waals surface area contributed by atoms with Gasteiger partial charge in [-0.05, 0) is 24.6 Å². The summed E-state index contributed by atoms with van der Waals surface area (Å²) in [6.45, 7) is 6.21. The summed E-state index contributed by atoms with van der Waals surface area (Å²) >= 11 is 0. The van der Waals surface area contributed by atoms with Crippen molar-refractivity contribution in [3.8, 4) is 5.75 Å². The molecule has 1 fully saturated rings. The standard InChI is InChI=1S/C16H25FN2O.ClH/c1-3-4-5-15(19-10-8-18-9-11-19)14-12-13(17)6-7-16(14)20-2;/h6-7,12,15,18H,3-5,8-11H2,1-2H3;1H/t15-;/m1./s1. The van der Waals surface area contributed by atoms with Gasteiger partial charge in [-0.2, -0.15) is 0 Å². The van der Waals surface area contributed by atoms with Crippen molar-refractivity contribution >= 4 is 12.4 Å². The second-order valence-corrected chi connectivity index (χ2v) is 5.33. The third-order valence-corrected chi connectivity index (χ3v) is 3.97. The van der Waals surface area contributed by atoms with Gasteiger partial charge in [0.2, 0.25) is 0 Å². The van der Waals surface area contributed by atoms with Crippen molar-refractivity contribution in [2.24, 2.45) is 0 Å². The van der Waals surface area contributed by atoms with Gasteiger partial charge in [0, 0.05) is 37.8 Å². The van der Waals surface area contributed by atoms with Gasteiger partial charge in [-0.3, -0.25) is 4.90 Å². The van der Waals surface area contributed by atoms with Crippen LogP contribution >= 0.6 is 12.4 Å². The highest BCUT2D eigenvalue weighted by atomic mass is 35.5. The molecule has 3 nitrogen and oxygen atoms in total. The van der Waals surface area contributed by atoms with Gasteiger partial charge in [-0.15, -0.1) is 12.4 Å². The molecular weight excluding hydrogens is 291 g/mol. The van der Waals surface area contributed by atoms with E-state index in [9.17, 15) is 4.39 Å². The smallest absolute Gasteiger partial charge is 0.123 e. The highest BCUT2D eigenvalue weighted by molar-refractivity contribution is 5.85. The number of methoxy groups -OCH3 is 1. The van der Waals surface area contributed by atoms with Crippen molar-refractivity contribution in [3.63, 3.8) is 0 Å². The van der Waals surface area contributed by atoms with Gasteiger partial charge < -0.3 is 10.1 Å². The maximum Gasteiger partial charge on any atom is 0.123 e. The molecule has 0 amide bonds. The Morgan fingerprint density at radius 3 is 2.67 bits per heavy atom. The zero-order valence-corrected chi connectivity index (χ0v) is 13.7. The summed E-state index contributed by atoms with van der Waals surface area (Å²) in [5, 5.41) is 3.37. The van der Waals surface area contributed by atoms with Crippen molar-refractivity contribution in [3.05, 3.63) is 29.6 Å². The van der Waals surface area contributed by atoms with E-state index in [0.29, 0.717) is 0 Å². The van der Waals surface area contributed by atoms with Crippen molar-refractivity contribution in [1.82, 2.24) is 10.2 Å². The second kappa shape index (κ2) is 9.23. The Morgan fingerprint density at radius 2 is 2.05 bits per heavy atom. The topological polar surface area (TPSA) is 24.5 Å². The minimum atomic E-state index is -0.183. The van der Waals surface area contributed by atoms with E-state index in [4.69, 9.17) is 4.74 Å². The van der Waals surface area contributed by atoms with E-state index >= 15 is 0 Å². The van der Waals surface area contributed by atoms with Gasteiger partial charge in [-0.1, -0.05) is 19.8 Å². The molecule has 1 aliphatic heterocycles. The Balaban J connectivity index is 0.00000220. The third-order valence-electron chi connectivity index (χ3n) is 3.97. The Hall–Kier alpha value is -0.840. The minimum Gasteiger partial charge on any atom is -0.496 e. The first kappa shape index (κ1) is 18.2. The predicted molar refractivity (Wildman–Crippen MR) is 86.9 cm³/mol. The number of hydrogen-bond donors (Lipinski definition) is 1. The van der Waals surface area contributed by atoms with Gasteiger partial charge in [0.1, 0.15) is 11.6 Å². The largest absolute Gasteiger partial charge is 0.496 e. The summed E-state index contributed by atoms with van der Waals surface area (Å²) in [5.41, 5.74) is 0.989. The third kappa shape index (κ3) is 4.83. The molecule has 0 radical (unpaired) electrons. The monoisotopic (exact) mass is 316 g/mol. The highest BCUT2D eigenvalue weighted by Crippen LogP contribution is 2.33. The predicted octanol–water partition coefficient (Wildman–Crippen LogP) is 3.39. The van der Waals surface area contributed by atoms with Crippen molar-refractivity contribution < 1.29 is 9.13 Å². The van der Waals surface area contributed by atoms with E-state index in [1.807, 2.05) is 0 Å². The summed E-state index contributed by atoms with van der Waals surface area (Å²) in [4.78, 5) is 2.45. The lowest BCUT2D eigenvalue weighted by atomic mass is 9.97. The molecule has 1 atom stereocenters. The number of piperazine rings is 1. The Kier molecular flexibility index (Phi) is 8.01. The van der Waals surface area contributed by atoms with E-state index < -0.39 is 0 Å². The highest BCUT2D eigenvalue weighted by Gasteiger charge is 2.24. The summed E-state index contributed by atoms with van der Waals surface area (Å²) < 4.78 is 19.1. The van der Waals surface area contributed by atoms with Crippen LogP contribution in [0.1, 0.15) is 37.8 Å². The number of nitrogens with one attached hydrogen (secondary N) is 1. The Morgan fingerprint density at radius 1 is 1.33 bits per heavy atom. The summed E-state index contributed by atoms with van der Waals surface area (Å²) in [6, 6.07) is 5.10. The molecule has 0 saturated carbocycles. The van der Waals surface area contributed by atoms with Crippen LogP contribution in [-0.2, 0) is 0 Å². The molecule has 0 aromatic heterocycles. The lowest BCUT2D eigenvalue weighted by Gasteiger charge is -2.36. The fourth-order valence-electron chi connectivity index (χ4n) is 2.89. The molecule has 21 heavy (non-hydrogen) atoms. The molecule has 5 heteroatoms. The molecule has 1 N–H and O–H groups in total.